The van der Waals surface area contributed by atoms with E-state index in [0.717, 1.165) is 49.8 Å². The van der Waals surface area contributed by atoms with Crippen LogP contribution in [0.5, 0.6) is 0 Å². The molecular formula is C93H133F10N7O28. The lowest BCUT2D eigenvalue weighted by Gasteiger charge is -2.43. The van der Waals surface area contributed by atoms with Gasteiger partial charge in [0.2, 0.25) is 0 Å². The number of carboxylic acid groups (broad SMARTS) is 1. The monoisotopic (exact) mass is 1990 g/mol. The molecule has 3 aromatic carbocycles. The van der Waals surface area contributed by atoms with E-state index in [0.29, 0.717) is 10.5 Å². The van der Waals surface area contributed by atoms with Gasteiger partial charge in [-0.1, -0.05) is 139 Å². The van der Waals surface area contributed by atoms with E-state index in [1.165, 1.54) is 42.1 Å². The lowest BCUT2D eigenvalue weighted by Crippen LogP contribution is -2.62. The number of halogens is 10. The summed E-state index contributed by atoms with van der Waals surface area (Å²) < 4.78 is 189. The Morgan fingerprint density at radius 2 is 0.688 bits per heavy atom. The average Bonchev–Trinajstić information content (AvgIpc) is 0.785. The van der Waals surface area contributed by atoms with Crippen molar-refractivity contribution in [3.8, 4) is 0 Å². The number of esters is 5. The molecule has 0 bridgehead atoms. The highest BCUT2D eigenvalue weighted by Gasteiger charge is 2.55. The Morgan fingerprint density at radius 3 is 1.04 bits per heavy atom. The first kappa shape index (κ1) is 119. The zero-order valence-electron chi connectivity index (χ0n) is 81.5. The molecule has 16 atom stereocenters. The minimum atomic E-state index is -3.11. The number of hydrogen-bond acceptors (Lipinski definition) is 28. The van der Waals surface area contributed by atoms with Gasteiger partial charge in [0.05, 0.1) is 93.6 Å². The van der Waals surface area contributed by atoms with Gasteiger partial charge >= 0.3 is 72.4 Å². The summed E-state index contributed by atoms with van der Waals surface area (Å²) in [5.74, 6) is -23.1. The molecule has 0 aliphatic carbocycles. The van der Waals surface area contributed by atoms with E-state index in [-0.39, 0.29) is 76.3 Å². The minimum absolute atomic E-state index is 0.0221. The maximum absolute atomic E-state index is 13.8. The third-order valence-electron chi connectivity index (χ3n) is 22.2. The van der Waals surface area contributed by atoms with Gasteiger partial charge in [0.1, 0.15) is 72.9 Å². The molecule has 10 rings (SSSR count). The number of nitrogens with zero attached hydrogens (tertiary/aromatic N) is 6. The quantitative estimate of drug-likeness (QED) is 0.0603. The molecule has 7 fully saturated rings. The summed E-state index contributed by atoms with van der Waals surface area (Å²) in [5, 5.41) is 40.8. The van der Waals surface area contributed by atoms with Crippen LogP contribution in [0.25, 0.3) is 0 Å². The number of alkyl halides is 10. The highest BCUT2D eigenvalue weighted by atomic mass is 19.3. The SMILES string of the molecule is COC(=O)[C@@H]1[C@H](C)CC(=O)CN1C(=O)OC(C)(C)C.COC(=O)[C@@H]1[C@H](C)CC(F)(F)CN1C(=O)OC(C)(C)C.COC(=O)[C@@H]1[C@H](C)CC(F)(F)CN1C(=O)OCc1ccccc1.COC(=O)[C@@H]1[C@H](C)CC(O)C(O)N1C(=O)OC(C)(C)C.COC(=O)[C@H]1NCC(F)(F)C[C@H]1C.C[C@@H]1CC(F)(F)CN(C(=O)OCc2ccccc2)[C@@H]1C(=O)O.C[C@@H]1CC(F)(F)CN(C(=O)OCc2ccccc2)[C@@H]1CO. The number of nitrogens with one attached hydrogen (secondary N) is 1. The third-order valence-corrected chi connectivity index (χ3v) is 22.2. The Morgan fingerprint density at radius 1 is 0.384 bits per heavy atom. The number of methoxy groups -OCH3 is 5. The van der Waals surface area contributed by atoms with Gasteiger partial charge in [-0.25, -0.2) is 96.6 Å². The predicted octanol–water partition coefficient (Wildman–Crippen LogP) is 13.3. The Labute approximate surface area is 795 Å². The molecule has 0 radical (unpaired) electrons. The summed E-state index contributed by atoms with van der Waals surface area (Å²) in [6.07, 6.45) is -9.52. The number of hydrogen-bond donors (Lipinski definition) is 5. The first-order valence-corrected chi connectivity index (χ1v) is 44.4. The van der Waals surface area contributed by atoms with Gasteiger partial charge in [-0.3, -0.25) is 44.3 Å². The molecule has 7 heterocycles. The Bertz CT molecular complexity index is 4500. The fourth-order valence-electron chi connectivity index (χ4n) is 16.3. The van der Waals surface area contributed by atoms with Gasteiger partial charge in [-0.05, 0) is 127 Å². The summed E-state index contributed by atoms with van der Waals surface area (Å²) in [6, 6.07) is 20.2. The maximum atomic E-state index is 13.8. The molecule has 45 heteroatoms. The number of Topliss-reactive ketones (excluding diaryl/α,β-unsaturated/α-hetero) is 1. The van der Waals surface area contributed by atoms with E-state index < -0.39 is 255 Å². The number of piperidine rings is 7. The van der Waals surface area contributed by atoms with Crippen LogP contribution in [0.4, 0.5) is 72.7 Å². The number of ether oxygens (including phenoxy) is 11. The minimum Gasteiger partial charge on any atom is -0.480 e. The van der Waals surface area contributed by atoms with Gasteiger partial charge in [0.15, 0.2) is 12.0 Å². The van der Waals surface area contributed by atoms with Crippen molar-refractivity contribution in [2.24, 2.45) is 41.4 Å². The highest BCUT2D eigenvalue weighted by molar-refractivity contribution is 5.91. The van der Waals surface area contributed by atoms with Gasteiger partial charge in [-0.15, -0.1) is 0 Å². The van der Waals surface area contributed by atoms with Crippen LogP contribution in [-0.2, 0) is 105 Å². The molecule has 5 N–H and O–H groups in total. The second-order valence-electron chi connectivity index (χ2n) is 38.0. The van der Waals surface area contributed by atoms with Gasteiger partial charge in [0, 0.05) is 38.5 Å². The smallest absolute Gasteiger partial charge is 0.413 e. The zero-order valence-corrected chi connectivity index (χ0v) is 81.5. The van der Waals surface area contributed by atoms with Crippen molar-refractivity contribution in [1.82, 2.24) is 34.7 Å². The molecule has 7 aliphatic rings. The average molecular weight is 1990 g/mol. The standard InChI is InChI=1S/C16H19F2NO4.C15H17F2NO4.C15H19F2NO3.C13H21F2NO4.C13H23NO6.C13H21NO5.C8H13F2NO2/c1-11-8-16(17,18)10-19(13(11)14(20)22-2)15(21)23-9-12-6-4-3-5-7-12;1-10-7-15(16,17)9-18(12(10)13(19)20)14(21)22-8-11-5-3-2-4-6-11;1-11-7-15(16,17)10-18(13(11)8-19)14(20)21-9-12-5-3-2-4-6-12;1-8-6-13(14,15)7-16(9(8)10(17)19-5)11(18)20-12(2,3)4;1-7-6-8(15)10(16)14(9(7)11(17)19-5)12(18)20-13(2,3)4;1-8-6-9(15)7-14(10(8)11(16)18-5)12(17)19-13(2,3)4;1-5-3-8(9,10)4-11-6(5)7(12)13-2/h3-7,11,13H,8-10H2,1-2H3;2-6,10,12H,7-9H2,1H3,(H,19,20);2-6,11,13,19H,7-10H2,1H3;8-9H,6-7H2,1-5H3;7-10,15-16H,6H2,1-5H3;8,10H,6-7H2,1-5H3;5-6,11H,3-4H2,1-2H3/t11-,13+;10-,12+;11-,13-;8-,9+;7-,8?,9+,10?;8-,10+;5-,6+/m1111111/s1. The van der Waals surface area contributed by atoms with Crippen molar-refractivity contribution in [3.05, 3.63) is 108 Å². The number of aliphatic hydroxyl groups is 3. The first-order chi connectivity index (χ1) is 63.7. The molecule has 7 aliphatic heterocycles. The number of likely N-dealkylation sites (tertiary alicyclic amines) is 6. The van der Waals surface area contributed by atoms with Crippen molar-refractivity contribution in [3.63, 3.8) is 0 Å². The largest absolute Gasteiger partial charge is 0.480 e. The van der Waals surface area contributed by atoms with Crippen LogP contribution < -0.4 is 5.32 Å². The van der Waals surface area contributed by atoms with E-state index in [4.69, 9.17) is 33.2 Å². The molecule has 35 nitrogen and oxygen atoms in total. The zero-order chi connectivity index (χ0) is 105. The number of ketones is 1. The summed E-state index contributed by atoms with van der Waals surface area (Å²) in [6.45, 7) is 21.8. The predicted molar refractivity (Wildman–Crippen MR) is 471 cm³/mol. The number of carbonyl (C=O) groups excluding carboxylic acids is 12. The Hall–Kier alpha value is -11.1. The number of carboxylic acids is 1. The van der Waals surface area contributed by atoms with Crippen LogP contribution in [0, 0.1) is 41.4 Å². The lowest BCUT2D eigenvalue weighted by molar-refractivity contribution is -0.172. The molecule has 778 valence electrons. The van der Waals surface area contributed by atoms with Crippen LogP contribution in [0.15, 0.2) is 91.0 Å². The second-order valence-corrected chi connectivity index (χ2v) is 38.0. The van der Waals surface area contributed by atoms with Crippen LogP contribution in [-0.4, -0.2) is 310 Å². The maximum Gasteiger partial charge on any atom is 0.413 e. The number of aliphatic carboxylic acids is 1. The van der Waals surface area contributed by atoms with Crippen molar-refractivity contribution >= 4 is 78.2 Å². The molecule has 7 saturated heterocycles. The number of rotatable bonds is 13. The van der Waals surface area contributed by atoms with Crippen molar-refractivity contribution in [1.29, 1.82) is 0 Å². The number of aliphatic hydroxyl groups excluding tert-OH is 3. The van der Waals surface area contributed by atoms with E-state index >= 15 is 0 Å². The molecular weight excluding hydrogens is 1850 g/mol. The molecule has 2 unspecified atom stereocenters. The second kappa shape index (κ2) is 51.7. The van der Waals surface area contributed by atoms with Gasteiger partial charge < -0.3 is 72.5 Å². The Kier molecular flexibility index (Phi) is 44.7. The van der Waals surface area contributed by atoms with Crippen molar-refractivity contribution in [2.45, 2.75) is 277 Å². The lowest BCUT2D eigenvalue weighted by atomic mass is 9.88. The van der Waals surface area contributed by atoms with Crippen LogP contribution >= 0.6 is 0 Å². The van der Waals surface area contributed by atoms with E-state index in [1.54, 1.807) is 169 Å². The summed E-state index contributed by atoms with van der Waals surface area (Å²) in [5.41, 5.74) is -0.0757. The summed E-state index contributed by atoms with van der Waals surface area (Å²) in [4.78, 5) is 159. The molecule has 0 aromatic heterocycles. The number of benzene rings is 3. The van der Waals surface area contributed by atoms with Crippen LogP contribution in [0.1, 0.15) is 172 Å². The van der Waals surface area contributed by atoms with E-state index in [2.05, 4.69) is 24.3 Å². The molecule has 138 heavy (non-hydrogen) atoms. The third kappa shape index (κ3) is 37.6. The summed E-state index contributed by atoms with van der Waals surface area (Å²) in [7, 11) is 6.05. The van der Waals surface area contributed by atoms with E-state index in [1.807, 2.05) is 12.1 Å². The van der Waals surface area contributed by atoms with Crippen LogP contribution in [0.3, 0.4) is 0 Å². The molecule has 0 saturated carbocycles. The summed E-state index contributed by atoms with van der Waals surface area (Å²) >= 11 is 0. The molecule has 0 spiro atoms. The van der Waals surface area contributed by atoms with Crippen molar-refractivity contribution < 1.29 is 179 Å². The van der Waals surface area contributed by atoms with Crippen molar-refractivity contribution in [2.75, 3.05) is 81.4 Å². The fraction of sp³-hybridized carbons (Fsp3) is 0.667. The molecule has 3 aromatic rings. The molecule has 6 amide bonds. The fourth-order valence-corrected chi connectivity index (χ4v) is 16.3. The number of carbonyl (C=O) groups is 13. The van der Waals surface area contributed by atoms with Gasteiger partial charge in [-0.2, -0.15) is 0 Å². The number of amides is 6. The van der Waals surface area contributed by atoms with E-state index in [9.17, 15) is 127 Å². The Balaban J connectivity index is 0.000000338. The first-order valence-electron chi connectivity index (χ1n) is 44.4. The van der Waals surface area contributed by atoms with Crippen LogP contribution in [0.2, 0.25) is 0 Å². The van der Waals surface area contributed by atoms with Gasteiger partial charge in [0.25, 0.3) is 29.6 Å². The topological polar surface area (TPSA) is 436 Å². The normalized spacial score (nSPS) is 26.1. The highest BCUT2D eigenvalue weighted by Crippen LogP contribution is 2.41.